The van der Waals surface area contributed by atoms with Gasteiger partial charge in [0.25, 0.3) is 0 Å². The Morgan fingerprint density at radius 2 is 2.43 bits per heavy atom. The number of thiophene rings is 1. The summed E-state index contributed by atoms with van der Waals surface area (Å²) in [4.78, 5) is 3.35. The molecule has 0 aliphatic carbocycles. The van der Waals surface area contributed by atoms with E-state index in [1.165, 1.54) is 4.88 Å². The first kappa shape index (κ1) is 12.1. The number of halogens is 1. The molecule has 14 heavy (non-hydrogen) atoms. The molecule has 5 heteroatoms. The van der Waals surface area contributed by atoms with Gasteiger partial charge in [-0.05, 0) is 29.0 Å². The van der Waals surface area contributed by atoms with Gasteiger partial charge in [0.1, 0.15) is 0 Å². The maximum atomic E-state index is 9.34. The van der Waals surface area contributed by atoms with Crippen LogP contribution in [0.5, 0.6) is 0 Å². The molecule has 1 aromatic rings. The first-order valence-corrected chi connectivity index (χ1v) is 6.08. The lowest BCUT2D eigenvalue weighted by molar-refractivity contribution is 0.130. The molecule has 0 fully saturated rings. The van der Waals surface area contributed by atoms with E-state index in [2.05, 4.69) is 32.3 Å². The number of hydrogen-bond donors (Lipinski definition) is 2. The predicted molar refractivity (Wildman–Crippen MR) is 63.4 cm³/mol. The van der Waals surface area contributed by atoms with Crippen molar-refractivity contribution in [3.8, 4) is 0 Å². The molecule has 3 nitrogen and oxygen atoms in total. The molecule has 0 saturated carbocycles. The lowest BCUT2D eigenvalue weighted by Crippen LogP contribution is -2.33. The molecule has 0 amide bonds. The Morgan fingerprint density at radius 3 is 2.93 bits per heavy atom. The van der Waals surface area contributed by atoms with E-state index in [1.54, 1.807) is 11.3 Å². The highest BCUT2D eigenvalue weighted by molar-refractivity contribution is 9.10. The fraction of sp³-hybridized carbons (Fsp3) is 0.556. The maximum absolute atomic E-state index is 9.34. The lowest BCUT2D eigenvalue weighted by atomic mass is 10.3. The molecule has 1 aromatic heterocycles. The Kier molecular flexibility index (Phi) is 5.05. The second-order valence-electron chi connectivity index (χ2n) is 3.32. The Bertz CT molecular complexity index is 280. The van der Waals surface area contributed by atoms with Crippen molar-refractivity contribution in [2.75, 3.05) is 20.1 Å². The van der Waals surface area contributed by atoms with Gasteiger partial charge in [-0.15, -0.1) is 11.3 Å². The van der Waals surface area contributed by atoms with E-state index in [0.29, 0.717) is 13.1 Å². The second-order valence-corrected chi connectivity index (χ2v) is 5.23. The van der Waals surface area contributed by atoms with Crippen molar-refractivity contribution in [3.63, 3.8) is 0 Å². The molecule has 0 saturated heterocycles. The molecule has 1 heterocycles. The van der Waals surface area contributed by atoms with Crippen LogP contribution in [-0.2, 0) is 6.54 Å². The molecule has 3 N–H and O–H groups in total. The van der Waals surface area contributed by atoms with Crippen molar-refractivity contribution >= 4 is 27.3 Å². The van der Waals surface area contributed by atoms with Gasteiger partial charge in [-0.3, -0.25) is 4.90 Å². The topological polar surface area (TPSA) is 49.5 Å². The van der Waals surface area contributed by atoms with Crippen LogP contribution in [0.3, 0.4) is 0 Å². The van der Waals surface area contributed by atoms with Crippen LogP contribution in [0.2, 0.25) is 0 Å². The quantitative estimate of drug-likeness (QED) is 0.853. The van der Waals surface area contributed by atoms with Crippen molar-refractivity contribution < 1.29 is 5.11 Å². The zero-order valence-corrected chi connectivity index (χ0v) is 10.5. The normalized spacial score (nSPS) is 13.5. The summed E-state index contributed by atoms with van der Waals surface area (Å²) in [6, 6.07) is 2.09. The number of rotatable bonds is 5. The molecule has 1 unspecified atom stereocenters. The third kappa shape index (κ3) is 4.06. The minimum atomic E-state index is -0.427. The SMILES string of the molecule is CN(Cc1cc(Br)cs1)CC(O)CN. The zero-order chi connectivity index (χ0) is 10.6. The van der Waals surface area contributed by atoms with Gasteiger partial charge in [-0.2, -0.15) is 0 Å². The number of likely N-dealkylation sites (N-methyl/N-ethyl adjacent to an activating group) is 1. The van der Waals surface area contributed by atoms with E-state index in [9.17, 15) is 5.11 Å². The van der Waals surface area contributed by atoms with E-state index >= 15 is 0 Å². The molecule has 1 atom stereocenters. The van der Waals surface area contributed by atoms with Gasteiger partial charge in [-0.1, -0.05) is 0 Å². The van der Waals surface area contributed by atoms with Crippen molar-refractivity contribution in [1.82, 2.24) is 4.90 Å². The van der Waals surface area contributed by atoms with E-state index in [1.807, 2.05) is 7.05 Å². The molecule has 0 aliphatic rings. The van der Waals surface area contributed by atoms with E-state index in [4.69, 9.17) is 5.73 Å². The average Bonchev–Trinajstić information content (AvgIpc) is 2.50. The molecule has 0 aromatic carbocycles. The lowest BCUT2D eigenvalue weighted by Gasteiger charge is -2.18. The molecule has 0 radical (unpaired) electrons. The van der Waals surface area contributed by atoms with Crippen molar-refractivity contribution in [2.45, 2.75) is 12.6 Å². The fourth-order valence-corrected chi connectivity index (χ4v) is 2.73. The summed E-state index contributed by atoms with van der Waals surface area (Å²) in [5, 5.41) is 11.4. The third-order valence-corrected chi connectivity index (χ3v) is 3.52. The van der Waals surface area contributed by atoms with Crippen LogP contribution in [0.1, 0.15) is 4.88 Å². The Hall–Kier alpha value is 0.0600. The summed E-state index contributed by atoms with van der Waals surface area (Å²) >= 11 is 5.12. The molecule has 0 aliphatic heterocycles. The van der Waals surface area contributed by atoms with Crippen LogP contribution >= 0.6 is 27.3 Å². The molecule has 0 bridgehead atoms. The smallest absolute Gasteiger partial charge is 0.0789 e. The first-order valence-electron chi connectivity index (χ1n) is 4.41. The Morgan fingerprint density at radius 1 is 1.71 bits per heavy atom. The summed E-state index contributed by atoms with van der Waals surface area (Å²) in [5.41, 5.74) is 5.34. The third-order valence-electron chi connectivity index (χ3n) is 1.84. The highest BCUT2D eigenvalue weighted by Crippen LogP contribution is 2.20. The zero-order valence-electron chi connectivity index (χ0n) is 8.11. The van der Waals surface area contributed by atoms with Crippen LogP contribution in [0.15, 0.2) is 15.9 Å². The van der Waals surface area contributed by atoms with E-state index < -0.39 is 6.10 Å². The summed E-state index contributed by atoms with van der Waals surface area (Å²) in [6.45, 7) is 1.79. The summed E-state index contributed by atoms with van der Waals surface area (Å²) in [7, 11) is 1.98. The minimum absolute atomic E-state index is 0.318. The standard InChI is InChI=1S/C9H15BrN2OS/c1-12(4-8(13)3-11)5-9-2-7(10)6-14-9/h2,6,8,13H,3-5,11H2,1H3. The van der Waals surface area contributed by atoms with E-state index in [-0.39, 0.29) is 0 Å². The summed E-state index contributed by atoms with van der Waals surface area (Å²) in [5.74, 6) is 0. The van der Waals surface area contributed by atoms with Gasteiger partial charge in [0.2, 0.25) is 0 Å². The molecular formula is C9H15BrN2OS. The maximum Gasteiger partial charge on any atom is 0.0789 e. The van der Waals surface area contributed by atoms with Crippen LogP contribution in [0, 0.1) is 0 Å². The van der Waals surface area contributed by atoms with Crippen LogP contribution in [-0.4, -0.2) is 36.2 Å². The summed E-state index contributed by atoms with van der Waals surface area (Å²) in [6.07, 6.45) is -0.427. The predicted octanol–water partition coefficient (Wildman–Crippen LogP) is 1.26. The molecule has 1 rings (SSSR count). The average molecular weight is 279 g/mol. The van der Waals surface area contributed by atoms with Crippen molar-refractivity contribution in [3.05, 3.63) is 20.8 Å². The number of hydrogen-bond acceptors (Lipinski definition) is 4. The first-order chi connectivity index (χ1) is 6.61. The van der Waals surface area contributed by atoms with Gasteiger partial charge in [0.15, 0.2) is 0 Å². The van der Waals surface area contributed by atoms with Gasteiger partial charge < -0.3 is 10.8 Å². The number of nitrogens with two attached hydrogens (primary N) is 1. The second kappa shape index (κ2) is 5.82. The highest BCUT2D eigenvalue weighted by atomic mass is 79.9. The van der Waals surface area contributed by atoms with Crippen LogP contribution < -0.4 is 5.73 Å². The van der Waals surface area contributed by atoms with Gasteiger partial charge >= 0.3 is 0 Å². The monoisotopic (exact) mass is 278 g/mol. The highest BCUT2D eigenvalue weighted by Gasteiger charge is 2.07. The van der Waals surface area contributed by atoms with Gasteiger partial charge in [0.05, 0.1) is 6.10 Å². The van der Waals surface area contributed by atoms with Crippen molar-refractivity contribution in [1.29, 1.82) is 0 Å². The van der Waals surface area contributed by atoms with Crippen LogP contribution in [0.4, 0.5) is 0 Å². The minimum Gasteiger partial charge on any atom is -0.390 e. The Balaban J connectivity index is 2.37. The Labute approximate surface area is 96.7 Å². The summed E-state index contributed by atoms with van der Waals surface area (Å²) < 4.78 is 1.12. The largest absolute Gasteiger partial charge is 0.390 e. The fourth-order valence-electron chi connectivity index (χ4n) is 1.20. The number of aliphatic hydroxyl groups excluding tert-OH is 1. The molecule has 80 valence electrons. The number of nitrogens with zero attached hydrogens (tertiary/aromatic N) is 1. The van der Waals surface area contributed by atoms with Crippen molar-refractivity contribution in [2.24, 2.45) is 5.73 Å². The molecular weight excluding hydrogens is 264 g/mol. The molecule has 0 spiro atoms. The number of aliphatic hydroxyl groups is 1. The van der Waals surface area contributed by atoms with Gasteiger partial charge in [0, 0.05) is 34.4 Å². The van der Waals surface area contributed by atoms with Gasteiger partial charge in [-0.25, -0.2) is 0 Å². The van der Waals surface area contributed by atoms with Crippen LogP contribution in [0.25, 0.3) is 0 Å². The van der Waals surface area contributed by atoms with E-state index in [0.717, 1.165) is 11.0 Å².